The van der Waals surface area contributed by atoms with Gasteiger partial charge >= 0.3 is 0 Å². The van der Waals surface area contributed by atoms with Crippen LogP contribution in [0, 0.1) is 0 Å². The molecule has 0 aromatic carbocycles. The fraction of sp³-hybridized carbons (Fsp3) is 0.481. The molecule has 6 heterocycles. The molecular formula is C27H33N9O. The number of likely N-dealkylation sites (N-methyl/N-ethyl adjacent to an activating group) is 1. The number of pyridine rings is 1. The topological polar surface area (TPSA) is 86.3 Å². The molecule has 2 saturated heterocycles. The van der Waals surface area contributed by atoms with Gasteiger partial charge in [-0.15, -0.1) is 5.10 Å². The minimum absolute atomic E-state index is 0.0498. The van der Waals surface area contributed by atoms with E-state index in [0.29, 0.717) is 23.7 Å². The van der Waals surface area contributed by atoms with Crippen LogP contribution in [0.4, 0.5) is 5.95 Å². The first-order valence-electron chi connectivity index (χ1n) is 13.4. The highest BCUT2D eigenvalue weighted by Gasteiger charge is 2.35. The number of likely N-dealkylation sites (tertiary alicyclic amines) is 1. The number of piperazine rings is 1. The van der Waals surface area contributed by atoms with Crippen LogP contribution in [0.5, 0.6) is 0 Å². The first-order valence-corrected chi connectivity index (χ1v) is 13.4. The van der Waals surface area contributed by atoms with Crippen LogP contribution in [-0.2, 0) is 0 Å². The molecule has 10 nitrogen and oxygen atoms in total. The van der Waals surface area contributed by atoms with Gasteiger partial charge < -0.3 is 15.1 Å². The largest absolute Gasteiger partial charge is 0.350 e. The van der Waals surface area contributed by atoms with Crippen LogP contribution < -0.4 is 5.32 Å². The Kier molecular flexibility index (Phi) is 5.58. The van der Waals surface area contributed by atoms with E-state index in [0.717, 1.165) is 74.2 Å². The predicted octanol–water partition coefficient (Wildman–Crippen LogP) is 2.47. The van der Waals surface area contributed by atoms with Crippen LogP contribution >= 0.6 is 0 Å². The second-order valence-electron chi connectivity index (χ2n) is 10.7. The lowest BCUT2D eigenvalue weighted by atomic mass is 9.85. The lowest BCUT2D eigenvalue weighted by Gasteiger charge is -2.46. The second kappa shape index (κ2) is 9.11. The molecule has 0 radical (unpaired) electrons. The highest BCUT2D eigenvalue weighted by atomic mass is 16.2. The molecule has 4 aromatic rings. The van der Waals surface area contributed by atoms with E-state index in [1.807, 2.05) is 44.5 Å². The maximum Gasteiger partial charge on any atom is 0.272 e. The van der Waals surface area contributed by atoms with E-state index in [1.165, 1.54) is 13.1 Å². The average Bonchev–Trinajstić information content (AvgIpc) is 3.65. The fourth-order valence-electron chi connectivity index (χ4n) is 5.96. The van der Waals surface area contributed by atoms with E-state index in [4.69, 9.17) is 5.10 Å². The summed E-state index contributed by atoms with van der Waals surface area (Å²) >= 11 is 0. The molecule has 7 rings (SSSR count). The van der Waals surface area contributed by atoms with Crippen LogP contribution in [0.15, 0.2) is 43.0 Å². The maximum absolute atomic E-state index is 13.0. The molecule has 37 heavy (non-hydrogen) atoms. The Morgan fingerprint density at radius 3 is 2.59 bits per heavy atom. The molecule has 1 N–H and O–H groups in total. The summed E-state index contributed by atoms with van der Waals surface area (Å²) in [5.74, 6) is 0.717. The number of imidazole rings is 1. The average molecular weight is 500 g/mol. The van der Waals surface area contributed by atoms with Crippen LogP contribution in [0.2, 0.25) is 0 Å². The summed E-state index contributed by atoms with van der Waals surface area (Å²) in [5.41, 5.74) is 4.34. The molecule has 2 aliphatic heterocycles. The number of nitrogens with zero attached hydrogens (tertiary/aromatic N) is 8. The molecule has 0 bridgehead atoms. The molecule has 0 spiro atoms. The van der Waals surface area contributed by atoms with E-state index in [-0.39, 0.29) is 5.91 Å². The quantitative estimate of drug-likeness (QED) is 0.452. The molecule has 1 aliphatic carbocycles. The fourth-order valence-corrected chi connectivity index (χ4v) is 5.96. The third kappa shape index (κ3) is 4.14. The number of fused-ring (bicyclic) bond motifs is 2. The van der Waals surface area contributed by atoms with Gasteiger partial charge in [-0.25, -0.2) is 14.5 Å². The smallest absolute Gasteiger partial charge is 0.272 e. The number of rotatable bonds is 5. The third-order valence-electron chi connectivity index (χ3n) is 8.35. The molecule has 0 unspecified atom stereocenters. The maximum atomic E-state index is 13.0. The highest BCUT2D eigenvalue weighted by Crippen LogP contribution is 2.30. The number of carbonyl (C=O) groups excluding carboxylic acids is 1. The van der Waals surface area contributed by atoms with E-state index in [9.17, 15) is 4.79 Å². The van der Waals surface area contributed by atoms with Crippen molar-refractivity contribution in [3.63, 3.8) is 0 Å². The van der Waals surface area contributed by atoms with Gasteiger partial charge in [0.1, 0.15) is 11.3 Å². The van der Waals surface area contributed by atoms with Gasteiger partial charge in [-0.3, -0.25) is 14.1 Å². The first kappa shape index (κ1) is 22.7. The number of aromatic nitrogens is 5. The Hall–Kier alpha value is -3.50. The van der Waals surface area contributed by atoms with Crippen molar-refractivity contribution in [2.24, 2.45) is 0 Å². The van der Waals surface area contributed by atoms with Crippen molar-refractivity contribution in [1.82, 2.24) is 38.7 Å². The summed E-state index contributed by atoms with van der Waals surface area (Å²) in [6.45, 7) is 6.30. The van der Waals surface area contributed by atoms with Gasteiger partial charge in [0.15, 0.2) is 0 Å². The van der Waals surface area contributed by atoms with Crippen molar-refractivity contribution in [2.45, 2.75) is 37.8 Å². The van der Waals surface area contributed by atoms with Crippen LogP contribution in [0.1, 0.15) is 36.2 Å². The highest BCUT2D eigenvalue weighted by molar-refractivity contribution is 5.93. The molecule has 3 aliphatic rings. The molecule has 1 amide bonds. The summed E-state index contributed by atoms with van der Waals surface area (Å²) in [4.78, 5) is 29.1. The number of anilines is 1. The predicted molar refractivity (Wildman–Crippen MR) is 142 cm³/mol. The first-order chi connectivity index (χ1) is 18.1. The van der Waals surface area contributed by atoms with E-state index in [2.05, 4.69) is 38.2 Å². The van der Waals surface area contributed by atoms with Crippen LogP contribution in [0.3, 0.4) is 0 Å². The van der Waals surface area contributed by atoms with Crippen molar-refractivity contribution in [1.29, 1.82) is 0 Å². The second-order valence-corrected chi connectivity index (χ2v) is 10.7. The Bertz CT molecular complexity index is 1440. The van der Waals surface area contributed by atoms with Gasteiger partial charge in [-0.05, 0) is 50.9 Å². The summed E-state index contributed by atoms with van der Waals surface area (Å²) in [6, 6.07) is 7.16. The molecule has 10 heteroatoms. The number of amides is 1. The number of carbonyl (C=O) groups is 1. The van der Waals surface area contributed by atoms with E-state index in [1.54, 1.807) is 6.20 Å². The van der Waals surface area contributed by atoms with Crippen molar-refractivity contribution in [2.75, 3.05) is 51.6 Å². The zero-order valence-corrected chi connectivity index (χ0v) is 21.3. The Balaban J connectivity index is 1.07. The normalized spacial score (nSPS) is 23.1. The zero-order chi connectivity index (χ0) is 24.9. The molecule has 4 aromatic heterocycles. The Morgan fingerprint density at radius 2 is 1.78 bits per heavy atom. The van der Waals surface area contributed by atoms with Crippen molar-refractivity contribution in [3.05, 3.63) is 48.7 Å². The SMILES string of the molecule is CN1CCN([C@H]2C[C@H](Nc3ncc4c(-c5ccc6ncc(C(=O)N7CCCC7)n6c5)ccn4n3)C2)CC1. The zero-order valence-electron chi connectivity index (χ0n) is 21.3. The summed E-state index contributed by atoms with van der Waals surface area (Å²) in [7, 11) is 2.20. The van der Waals surface area contributed by atoms with Crippen molar-refractivity contribution >= 4 is 23.0 Å². The van der Waals surface area contributed by atoms with E-state index >= 15 is 0 Å². The van der Waals surface area contributed by atoms with Gasteiger partial charge in [0.25, 0.3) is 5.91 Å². The summed E-state index contributed by atoms with van der Waals surface area (Å²) < 4.78 is 3.79. The van der Waals surface area contributed by atoms with Gasteiger partial charge in [0, 0.05) is 74.9 Å². The number of hydrogen-bond donors (Lipinski definition) is 1. The lowest BCUT2D eigenvalue weighted by molar-refractivity contribution is 0.0656. The number of hydrogen-bond acceptors (Lipinski definition) is 7. The summed E-state index contributed by atoms with van der Waals surface area (Å²) in [5, 5.41) is 8.27. The van der Waals surface area contributed by atoms with Gasteiger partial charge in [0.05, 0.1) is 17.9 Å². The summed E-state index contributed by atoms with van der Waals surface area (Å²) in [6.07, 6.45) is 12.0. The van der Waals surface area contributed by atoms with Gasteiger partial charge in [0.2, 0.25) is 5.95 Å². The minimum atomic E-state index is 0.0498. The Labute approximate surface area is 215 Å². The minimum Gasteiger partial charge on any atom is -0.350 e. The van der Waals surface area contributed by atoms with Crippen molar-refractivity contribution in [3.8, 4) is 11.1 Å². The van der Waals surface area contributed by atoms with Crippen LogP contribution in [-0.4, -0.2) is 103 Å². The molecule has 1 saturated carbocycles. The molecule has 192 valence electrons. The standard InChI is InChI=1S/C27H33N9O/c1-32-10-12-33(13-11-32)21-14-20(15-21)30-27-29-16-23-22(6-9-36(23)31-27)19-4-5-25-28-17-24(35(25)18-19)26(37)34-7-2-3-8-34/h4-6,9,16-18,20-21H,2-3,7-8,10-15H2,1H3,(H,30,31)/t20-,21-. The monoisotopic (exact) mass is 499 g/mol. The molecular weight excluding hydrogens is 466 g/mol. The molecule has 0 atom stereocenters. The third-order valence-corrected chi connectivity index (χ3v) is 8.35. The van der Waals surface area contributed by atoms with Gasteiger partial charge in [-0.1, -0.05) is 0 Å². The van der Waals surface area contributed by atoms with Crippen molar-refractivity contribution < 1.29 is 4.79 Å². The Morgan fingerprint density at radius 1 is 0.973 bits per heavy atom. The van der Waals surface area contributed by atoms with E-state index < -0.39 is 0 Å². The lowest BCUT2D eigenvalue weighted by Crippen LogP contribution is -2.55. The van der Waals surface area contributed by atoms with Gasteiger partial charge in [-0.2, -0.15) is 0 Å². The van der Waals surface area contributed by atoms with Crippen LogP contribution in [0.25, 0.3) is 22.3 Å². The number of nitrogens with one attached hydrogen (secondary N) is 1. The molecule has 3 fully saturated rings.